The van der Waals surface area contributed by atoms with Crippen LogP contribution in [0.2, 0.25) is 0 Å². The van der Waals surface area contributed by atoms with E-state index in [0.717, 1.165) is 11.8 Å². The fourth-order valence-corrected chi connectivity index (χ4v) is 1.99. The van der Waals surface area contributed by atoms with Crippen molar-refractivity contribution in [3.05, 3.63) is 57.2 Å². The van der Waals surface area contributed by atoms with Crippen LogP contribution in [0.15, 0.2) is 40.5 Å². The van der Waals surface area contributed by atoms with Crippen molar-refractivity contribution < 1.29 is 4.79 Å². The van der Waals surface area contributed by atoms with E-state index in [0.29, 0.717) is 12.1 Å². The van der Waals surface area contributed by atoms with Crippen LogP contribution >= 0.6 is 11.5 Å². The molecular weight excluding hydrogens is 210 g/mol. The first-order valence-electron chi connectivity index (χ1n) is 4.48. The van der Waals surface area contributed by atoms with E-state index < -0.39 is 0 Å². The number of hydrogen-bond acceptors (Lipinski definition) is 3. The normalized spacial score (nSPS) is 10.1. The molecule has 0 radical (unpaired) electrons. The zero-order valence-electron chi connectivity index (χ0n) is 7.92. The predicted octanol–water partition coefficient (Wildman–Crippen LogP) is 1.77. The van der Waals surface area contributed by atoms with Gasteiger partial charge >= 0.3 is 0 Å². The molecule has 0 bridgehead atoms. The summed E-state index contributed by atoms with van der Waals surface area (Å²) in [4.78, 5) is 21.7. The van der Waals surface area contributed by atoms with Crippen LogP contribution in [-0.4, -0.2) is 10.2 Å². The molecule has 0 saturated heterocycles. The van der Waals surface area contributed by atoms with Gasteiger partial charge in [0.05, 0.1) is 6.54 Å². The van der Waals surface area contributed by atoms with Gasteiger partial charge in [-0.3, -0.25) is 13.5 Å². The Bertz CT molecular complexity index is 510. The van der Waals surface area contributed by atoms with Crippen molar-refractivity contribution in [2.24, 2.45) is 0 Å². The molecule has 0 amide bonds. The number of carbonyl (C=O) groups is 1. The van der Waals surface area contributed by atoms with Crippen LogP contribution in [-0.2, 0) is 6.54 Å². The molecule has 0 aliphatic rings. The van der Waals surface area contributed by atoms with Crippen LogP contribution in [0.4, 0.5) is 0 Å². The third kappa shape index (κ3) is 2.22. The van der Waals surface area contributed by atoms with Crippen molar-refractivity contribution in [1.82, 2.24) is 3.96 Å². The maximum absolute atomic E-state index is 11.3. The van der Waals surface area contributed by atoms with Crippen LogP contribution in [0.5, 0.6) is 0 Å². The molecule has 0 spiro atoms. The maximum atomic E-state index is 11.3. The van der Waals surface area contributed by atoms with Crippen molar-refractivity contribution in [1.29, 1.82) is 0 Å². The van der Waals surface area contributed by atoms with E-state index in [2.05, 4.69) is 0 Å². The van der Waals surface area contributed by atoms with Crippen molar-refractivity contribution in [2.45, 2.75) is 6.54 Å². The summed E-state index contributed by atoms with van der Waals surface area (Å²) < 4.78 is 1.66. The summed E-state index contributed by atoms with van der Waals surface area (Å²) in [6.45, 7) is 0.565. The topological polar surface area (TPSA) is 39.1 Å². The van der Waals surface area contributed by atoms with Crippen LogP contribution in [0.1, 0.15) is 15.9 Å². The van der Waals surface area contributed by atoms with Gasteiger partial charge in [0.15, 0.2) is 0 Å². The number of carbonyl (C=O) groups excluding carboxylic acids is 1. The van der Waals surface area contributed by atoms with E-state index in [9.17, 15) is 9.59 Å². The molecule has 3 nitrogen and oxygen atoms in total. The van der Waals surface area contributed by atoms with Gasteiger partial charge < -0.3 is 0 Å². The van der Waals surface area contributed by atoms with Crippen molar-refractivity contribution in [3.8, 4) is 0 Å². The minimum Gasteiger partial charge on any atom is -0.298 e. The first-order chi connectivity index (χ1) is 7.29. The second-order valence-corrected chi connectivity index (χ2v) is 4.07. The van der Waals surface area contributed by atoms with Gasteiger partial charge in [0.1, 0.15) is 6.29 Å². The third-order valence-electron chi connectivity index (χ3n) is 2.09. The third-order valence-corrected chi connectivity index (χ3v) is 2.91. The second-order valence-electron chi connectivity index (χ2n) is 3.14. The summed E-state index contributed by atoms with van der Waals surface area (Å²) >= 11 is 1.39. The number of nitrogens with zero attached hydrogens (tertiary/aromatic N) is 1. The highest BCUT2D eigenvalue weighted by Gasteiger charge is 1.98. The smallest absolute Gasteiger partial charge is 0.260 e. The predicted molar refractivity (Wildman–Crippen MR) is 59.5 cm³/mol. The van der Waals surface area contributed by atoms with Gasteiger partial charge in [-0.25, -0.2) is 0 Å². The van der Waals surface area contributed by atoms with Crippen molar-refractivity contribution in [3.63, 3.8) is 0 Å². The van der Waals surface area contributed by atoms with Crippen LogP contribution < -0.4 is 5.56 Å². The standard InChI is InChI=1S/C11H9NO2S/c13-8-10-3-1-9(2-4-10)7-12-11(14)5-6-15-12/h1-6,8H,7H2. The van der Waals surface area contributed by atoms with Gasteiger partial charge in [-0.05, 0) is 5.56 Å². The molecule has 2 aromatic rings. The second kappa shape index (κ2) is 4.23. The first kappa shape index (κ1) is 9.86. The summed E-state index contributed by atoms with van der Waals surface area (Å²) in [5, 5.41) is 1.77. The lowest BCUT2D eigenvalue weighted by Crippen LogP contribution is -2.12. The fourth-order valence-electron chi connectivity index (χ4n) is 1.28. The largest absolute Gasteiger partial charge is 0.298 e. The Morgan fingerprint density at radius 3 is 2.47 bits per heavy atom. The van der Waals surface area contributed by atoms with Gasteiger partial charge in [0.25, 0.3) is 5.56 Å². The van der Waals surface area contributed by atoms with Gasteiger partial charge in [-0.15, -0.1) is 0 Å². The van der Waals surface area contributed by atoms with Crippen molar-refractivity contribution in [2.75, 3.05) is 0 Å². The molecule has 0 atom stereocenters. The van der Waals surface area contributed by atoms with Crippen LogP contribution in [0.25, 0.3) is 0 Å². The van der Waals surface area contributed by atoms with E-state index in [4.69, 9.17) is 0 Å². The Morgan fingerprint density at radius 1 is 1.20 bits per heavy atom. The Morgan fingerprint density at radius 2 is 1.93 bits per heavy atom. The number of hydrogen-bond donors (Lipinski definition) is 0. The highest BCUT2D eigenvalue weighted by atomic mass is 32.1. The summed E-state index contributed by atoms with van der Waals surface area (Å²) in [7, 11) is 0. The maximum Gasteiger partial charge on any atom is 0.260 e. The lowest BCUT2D eigenvalue weighted by Gasteiger charge is -2.00. The monoisotopic (exact) mass is 219 g/mol. The zero-order valence-corrected chi connectivity index (χ0v) is 8.74. The van der Waals surface area contributed by atoms with Gasteiger partial charge in [-0.2, -0.15) is 0 Å². The number of rotatable bonds is 3. The number of aromatic nitrogens is 1. The lowest BCUT2D eigenvalue weighted by molar-refractivity contribution is 0.112. The van der Waals surface area contributed by atoms with E-state index in [-0.39, 0.29) is 5.56 Å². The molecule has 1 aromatic heterocycles. The molecule has 15 heavy (non-hydrogen) atoms. The SMILES string of the molecule is O=Cc1ccc(Cn2sccc2=O)cc1. The van der Waals surface area contributed by atoms with Gasteiger partial charge in [-0.1, -0.05) is 35.8 Å². The summed E-state index contributed by atoms with van der Waals surface area (Å²) in [6, 6.07) is 8.76. The Hall–Kier alpha value is -1.68. The Kier molecular flexibility index (Phi) is 2.78. The molecule has 2 rings (SSSR count). The lowest BCUT2D eigenvalue weighted by atomic mass is 10.1. The average molecular weight is 219 g/mol. The highest BCUT2D eigenvalue weighted by molar-refractivity contribution is 7.04. The Balaban J connectivity index is 2.21. The molecule has 0 unspecified atom stereocenters. The number of benzene rings is 1. The highest BCUT2D eigenvalue weighted by Crippen LogP contribution is 2.05. The summed E-state index contributed by atoms with van der Waals surface area (Å²) in [6.07, 6.45) is 0.807. The van der Waals surface area contributed by atoms with Gasteiger partial charge in [0.2, 0.25) is 0 Å². The minimum absolute atomic E-state index is 0.0134. The van der Waals surface area contributed by atoms with Gasteiger partial charge in [0, 0.05) is 17.0 Å². The summed E-state index contributed by atoms with van der Waals surface area (Å²) in [5.74, 6) is 0. The molecule has 0 saturated carbocycles. The van der Waals surface area contributed by atoms with E-state index in [1.165, 1.54) is 11.5 Å². The van der Waals surface area contributed by atoms with Crippen molar-refractivity contribution >= 4 is 17.8 Å². The molecule has 76 valence electrons. The number of aldehydes is 1. The van der Waals surface area contributed by atoms with E-state index >= 15 is 0 Å². The Labute approximate surface area is 90.8 Å². The minimum atomic E-state index is 0.0134. The molecule has 1 aromatic carbocycles. The van der Waals surface area contributed by atoms with Crippen LogP contribution in [0.3, 0.4) is 0 Å². The molecule has 1 heterocycles. The fraction of sp³-hybridized carbons (Fsp3) is 0.0909. The molecular formula is C11H9NO2S. The average Bonchev–Trinajstić information content (AvgIpc) is 2.66. The molecule has 0 fully saturated rings. The summed E-state index contributed by atoms with van der Waals surface area (Å²) in [5.41, 5.74) is 1.68. The molecule has 4 heteroatoms. The molecule has 0 aliphatic carbocycles. The first-order valence-corrected chi connectivity index (χ1v) is 5.32. The molecule has 0 N–H and O–H groups in total. The quantitative estimate of drug-likeness (QED) is 0.738. The zero-order chi connectivity index (χ0) is 10.7. The van der Waals surface area contributed by atoms with E-state index in [1.807, 2.05) is 12.1 Å². The van der Waals surface area contributed by atoms with E-state index in [1.54, 1.807) is 27.5 Å². The molecule has 0 aliphatic heterocycles. The van der Waals surface area contributed by atoms with Crippen LogP contribution in [0, 0.1) is 0 Å².